The molecule has 2 fully saturated rings. The number of imidazole rings is 1. The number of hydrogen-bond donors (Lipinski definition) is 0. The number of aromatic nitrogens is 2. The third-order valence-electron chi connectivity index (χ3n) is 5.72. The van der Waals surface area contributed by atoms with Crippen LogP contribution in [0.5, 0.6) is 0 Å². The molecule has 0 spiro atoms. The lowest BCUT2D eigenvalue weighted by Gasteiger charge is -2.37. The van der Waals surface area contributed by atoms with Crippen molar-refractivity contribution in [1.82, 2.24) is 19.4 Å². The number of hydrogen-bond acceptors (Lipinski definition) is 4. The number of amides is 1. The summed E-state index contributed by atoms with van der Waals surface area (Å²) in [6.07, 6.45) is 9.58. The van der Waals surface area contributed by atoms with Gasteiger partial charge in [-0.3, -0.25) is 0 Å². The Morgan fingerprint density at radius 3 is 2.68 bits per heavy atom. The normalized spacial score (nSPS) is 23.4. The zero-order valence-corrected chi connectivity index (χ0v) is 15.7. The minimum atomic E-state index is -0.145. The first-order valence-corrected chi connectivity index (χ1v) is 9.89. The average Bonchev–Trinajstić information content (AvgIpc) is 2.98. The molecule has 0 saturated carbocycles. The first-order chi connectivity index (χ1) is 12.2. The number of rotatable bonds is 4. The number of piperidine rings is 1. The third kappa shape index (κ3) is 4.35. The quantitative estimate of drug-likeness (QED) is 0.839. The van der Waals surface area contributed by atoms with Crippen LogP contribution in [-0.2, 0) is 11.3 Å². The number of likely N-dealkylation sites (tertiary alicyclic amines) is 2. The van der Waals surface area contributed by atoms with Gasteiger partial charge in [0.15, 0.2) is 0 Å². The second-order valence-corrected chi connectivity index (χ2v) is 7.15. The van der Waals surface area contributed by atoms with Crippen LogP contribution >= 0.6 is 0 Å². The van der Waals surface area contributed by atoms with Crippen LogP contribution in [0.4, 0.5) is 4.79 Å². The Kier molecular flexibility index (Phi) is 6.34. The molecule has 0 N–H and O–H groups in total. The number of carbonyl (C=O) groups excluding carboxylic acids is 1. The van der Waals surface area contributed by atoms with Gasteiger partial charge in [0.25, 0.3) is 0 Å². The molecular weight excluding hydrogens is 316 g/mol. The Morgan fingerprint density at radius 2 is 1.96 bits per heavy atom. The highest BCUT2D eigenvalue weighted by Crippen LogP contribution is 2.30. The van der Waals surface area contributed by atoms with E-state index in [0.29, 0.717) is 18.6 Å². The van der Waals surface area contributed by atoms with Crippen LogP contribution in [0, 0.1) is 0 Å². The molecule has 1 amide bonds. The van der Waals surface area contributed by atoms with Gasteiger partial charge in [0.1, 0.15) is 5.82 Å². The SMILES string of the molecule is CCOC(=O)N1CCCC(N2CCC(c3nccn3CC)CC2)CC1. The summed E-state index contributed by atoms with van der Waals surface area (Å²) in [6.45, 7) is 9.45. The van der Waals surface area contributed by atoms with Gasteiger partial charge >= 0.3 is 6.09 Å². The van der Waals surface area contributed by atoms with Gasteiger partial charge in [-0.15, -0.1) is 0 Å². The van der Waals surface area contributed by atoms with Gasteiger partial charge in [-0.1, -0.05) is 0 Å². The van der Waals surface area contributed by atoms with Gasteiger partial charge in [0.05, 0.1) is 6.61 Å². The fourth-order valence-electron chi connectivity index (χ4n) is 4.31. The van der Waals surface area contributed by atoms with Crippen molar-refractivity contribution < 1.29 is 9.53 Å². The summed E-state index contributed by atoms with van der Waals surface area (Å²) in [4.78, 5) is 21.1. The van der Waals surface area contributed by atoms with Gasteiger partial charge in [-0.05, 0) is 59.0 Å². The molecule has 0 aliphatic carbocycles. The lowest BCUT2D eigenvalue weighted by Crippen LogP contribution is -2.42. The van der Waals surface area contributed by atoms with Crippen LogP contribution in [0.3, 0.4) is 0 Å². The van der Waals surface area contributed by atoms with Crippen molar-refractivity contribution in [2.75, 3.05) is 32.8 Å². The van der Waals surface area contributed by atoms with E-state index in [-0.39, 0.29) is 6.09 Å². The predicted octanol–water partition coefficient (Wildman–Crippen LogP) is 3.09. The number of aryl methyl sites for hydroxylation is 1. The van der Waals surface area contributed by atoms with Crippen molar-refractivity contribution in [2.45, 2.75) is 64.5 Å². The van der Waals surface area contributed by atoms with Crippen LogP contribution in [0.1, 0.15) is 57.7 Å². The maximum absolute atomic E-state index is 11.9. The molecule has 0 radical (unpaired) electrons. The van der Waals surface area contributed by atoms with Crippen LogP contribution < -0.4 is 0 Å². The summed E-state index contributed by atoms with van der Waals surface area (Å²) in [6, 6.07) is 0.603. The molecular formula is C19H32N4O2. The Labute approximate surface area is 151 Å². The Morgan fingerprint density at radius 1 is 1.16 bits per heavy atom. The first kappa shape index (κ1) is 18.2. The maximum Gasteiger partial charge on any atom is 0.409 e. The highest BCUT2D eigenvalue weighted by atomic mass is 16.6. The van der Waals surface area contributed by atoms with Crippen molar-refractivity contribution >= 4 is 6.09 Å². The van der Waals surface area contributed by atoms with E-state index in [9.17, 15) is 4.79 Å². The smallest absolute Gasteiger partial charge is 0.409 e. The van der Waals surface area contributed by atoms with E-state index in [1.165, 1.54) is 25.1 Å². The number of carbonyl (C=O) groups is 1. The molecule has 0 aromatic carbocycles. The minimum Gasteiger partial charge on any atom is -0.450 e. The Hall–Kier alpha value is -1.56. The van der Waals surface area contributed by atoms with Crippen molar-refractivity contribution in [1.29, 1.82) is 0 Å². The second-order valence-electron chi connectivity index (χ2n) is 7.15. The highest BCUT2D eigenvalue weighted by Gasteiger charge is 2.30. The van der Waals surface area contributed by atoms with E-state index >= 15 is 0 Å². The summed E-state index contributed by atoms with van der Waals surface area (Å²) < 4.78 is 7.44. The van der Waals surface area contributed by atoms with E-state index in [2.05, 4.69) is 27.6 Å². The largest absolute Gasteiger partial charge is 0.450 e. The Bertz CT molecular complexity index is 551. The van der Waals surface area contributed by atoms with E-state index in [4.69, 9.17) is 4.74 Å². The van der Waals surface area contributed by atoms with E-state index in [1.54, 1.807) is 0 Å². The molecule has 140 valence electrons. The maximum atomic E-state index is 11.9. The molecule has 2 aliphatic rings. The monoisotopic (exact) mass is 348 g/mol. The molecule has 3 rings (SSSR count). The van der Waals surface area contributed by atoms with Crippen LogP contribution in [0.25, 0.3) is 0 Å². The summed E-state index contributed by atoms with van der Waals surface area (Å²) in [5, 5.41) is 0. The molecule has 1 aromatic heterocycles. The minimum absolute atomic E-state index is 0.145. The van der Waals surface area contributed by atoms with Gasteiger partial charge in [-0.2, -0.15) is 0 Å². The molecule has 3 heterocycles. The third-order valence-corrected chi connectivity index (χ3v) is 5.72. The highest BCUT2D eigenvalue weighted by molar-refractivity contribution is 5.67. The summed E-state index contributed by atoms with van der Waals surface area (Å²) in [5.41, 5.74) is 0. The molecule has 6 nitrogen and oxygen atoms in total. The topological polar surface area (TPSA) is 50.6 Å². The molecule has 2 saturated heterocycles. The van der Waals surface area contributed by atoms with Gasteiger partial charge in [0, 0.05) is 44.0 Å². The summed E-state index contributed by atoms with van der Waals surface area (Å²) >= 11 is 0. The number of nitrogens with zero attached hydrogens (tertiary/aromatic N) is 4. The van der Waals surface area contributed by atoms with Crippen molar-refractivity contribution in [2.24, 2.45) is 0 Å². The van der Waals surface area contributed by atoms with Crippen LogP contribution in [0.15, 0.2) is 12.4 Å². The van der Waals surface area contributed by atoms with Gasteiger partial charge in [0.2, 0.25) is 0 Å². The Balaban J connectivity index is 1.50. The van der Waals surface area contributed by atoms with Crippen molar-refractivity contribution in [3.63, 3.8) is 0 Å². The molecule has 6 heteroatoms. The van der Waals surface area contributed by atoms with E-state index in [0.717, 1.165) is 45.6 Å². The standard InChI is InChI=1S/C19H32N4O2/c1-3-21-15-10-20-18(21)16-7-12-22(13-8-16)17-6-5-11-23(14-9-17)19(24)25-4-2/h10,15-17H,3-9,11-14H2,1-2H3. The fourth-order valence-corrected chi connectivity index (χ4v) is 4.31. The molecule has 2 aliphatic heterocycles. The molecule has 0 bridgehead atoms. The molecule has 1 aromatic rings. The van der Waals surface area contributed by atoms with Crippen molar-refractivity contribution in [3.8, 4) is 0 Å². The lowest BCUT2D eigenvalue weighted by molar-refractivity contribution is 0.105. The van der Waals surface area contributed by atoms with E-state index in [1.807, 2.05) is 18.0 Å². The number of ether oxygens (including phenoxy) is 1. The molecule has 1 atom stereocenters. The second kappa shape index (κ2) is 8.70. The predicted molar refractivity (Wildman–Crippen MR) is 97.7 cm³/mol. The van der Waals surface area contributed by atoms with Gasteiger partial charge in [-0.25, -0.2) is 9.78 Å². The molecule has 1 unspecified atom stereocenters. The zero-order chi connectivity index (χ0) is 17.6. The fraction of sp³-hybridized carbons (Fsp3) is 0.789. The van der Waals surface area contributed by atoms with Crippen molar-refractivity contribution in [3.05, 3.63) is 18.2 Å². The summed E-state index contributed by atoms with van der Waals surface area (Å²) in [7, 11) is 0. The summed E-state index contributed by atoms with van der Waals surface area (Å²) in [5.74, 6) is 1.85. The lowest BCUT2D eigenvalue weighted by atomic mass is 9.93. The first-order valence-electron chi connectivity index (χ1n) is 9.89. The van der Waals surface area contributed by atoms with E-state index < -0.39 is 0 Å². The average molecular weight is 348 g/mol. The zero-order valence-electron chi connectivity index (χ0n) is 15.7. The molecule has 25 heavy (non-hydrogen) atoms. The van der Waals surface area contributed by atoms with Crippen LogP contribution in [-0.4, -0.2) is 64.3 Å². The van der Waals surface area contributed by atoms with Gasteiger partial charge < -0.3 is 19.1 Å². The van der Waals surface area contributed by atoms with Crippen LogP contribution in [0.2, 0.25) is 0 Å².